The summed E-state index contributed by atoms with van der Waals surface area (Å²) in [5, 5.41) is 2.33. The third-order valence-corrected chi connectivity index (χ3v) is 6.56. The summed E-state index contributed by atoms with van der Waals surface area (Å²) in [4.78, 5) is 31.0. The van der Waals surface area contributed by atoms with Crippen LogP contribution in [0.1, 0.15) is 48.7 Å². The van der Waals surface area contributed by atoms with Crippen molar-refractivity contribution in [3.05, 3.63) is 63.7 Å². The molecule has 7 nitrogen and oxygen atoms in total. The van der Waals surface area contributed by atoms with E-state index >= 15 is 0 Å². The van der Waals surface area contributed by atoms with Gasteiger partial charge in [-0.1, -0.05) is 29.8 Å². The molecule has 184 valence electrons. The van der Waals surface area contributed by atoms with Gasteiger partial charge in [-0.15, -0.1) is 11.3 Å². The Bertz CT molecular complexity index is 1260. The number of hydrogen-bond acceptors (Lipinski definition) is 7. The minimum Gasteiger partial charge on any atom is -0.483 e. The van der Waals surface area contributed by atoms with E-state index in [9.17, 15) is 9.59 Å². The smallest absolute Gasteiger partial charge is 0.344 e. The number of thiazole rings is 1. The second-order valence-corrected chi connectivity index (χ2v) is 10.3. The van der Waals surface area contributed by atoms with E-state index in [1.54, 1.807) is 16.3 Å². The first-order valence-electron chi connectivity index (χ1n) is 11.5. The summed E-state index contributed by atoms with van der Waals surface area (Å²) in [7, 11) is 0. The molecule has 0 spiro atoms. The molecule has 1 aromatic heterocycles. The Balaban J connectivity index is 1.39. The van der Waals surface area contributed by atoms with Gasteiger partial charge in [-0.25, -0.2) is 9.78 Å². The number of esters is 1. The molecule has 35 heavy (non-hydrogen) atoms. The normalized spacial score (nSPS) is 13.7. The van der Waals surface area contributed by atoms with E-state index in [4.69, 9.17) is 14.2 Å². The number of aryl methyl sites for hydroxylation is 3. The van der Waals surface area contributed by atoms with Crippen LogP contribution in [0.4, 0.5) is 10.8 Å². The molecular formula is C27H30N2O5S. The van der Waals surface area contributed by atoms with Crippen molar-refractivity contribution in [3.8, 4) is 11.5 Å². The van der Waals surface area contributed by atoms with Gasteiger partial charge in [-0.05, 0) is 51.8 Å². The number of anilines is 2. The number of hydrogen-bond donors (Lipinski definition) is 0. The van der Waals surface area contributed by atoms with Crippen molar-refractivity contribution in [1.82, 2.24) is 4.98 Å². The average Bonchev–Trinajstić information content (AvgIpc) is 3.35. The lowest BCUT2D eigenvalue weighted by atomic mass is 10.0. The Morgan fingerprint density at radius 2 is 1.89 bits per heavy atom. The van der Waals surface area contributed by atoms with Crippen LogP contribution >= 0.6 is 11.3 Å². The summed E-state index contributed by atoms with van der Waals surface area (Å²) < 4.78 is 17.0. The van der Waals surface area contributed by atoms with Gasteiger partial charge in [0, 0.05) is 24.3 Å². The summed E-state index contributed by atoms with van der Waals surface area (Å²) in [6.07, 6.45) is 0.787. The van der Waals surface area contributed by atoms with Crippen molar-refractivity contribution in [2.45, 2.75) is 60.2 Å². The fourth-order valence-electron chi connectivity index (χ4n) is 4.41. The van der Waals surface area contributed by atoms with Crippen molar-refractivity contribution in [2.75, 3.05) is 11.5 Å². The van der Waals surface area contributed by atoms with Crippen LogP contribution in [0.2, 0.25) is 0 Å². The van der Waals surface area contributed by atoms with Gasteiger partial charge in [0.05, 0.1) is 11.4 Å². The summed E-state index contributed by atoms with van der Waals surface area (Å²) in [5.74, 6) is 0.567. The molecule has 0 fully saturated rings. The topological polar surface area (TPSA) is 78.0 Å². The highest BCUT2D eigenvalue weighted by Crippen LogP contribution is 2.41. The third kappa shape index (κ3) is 5.48. The number of nitrogens with zero attached hydrogens (tertiary/aromatic N) is 2. The zero-order chi connectivity index (χ0) is 25.3. The lowest BCUT2D eigenvalue weighted by Crippen LogP contribution is -2.25. The Morgan fingerprint density at radius 1 is 1.17 bits per heavy atom. The molecule has 2 heterocycles. The molecule has 1 aliphatic rings. The second-order valence-electron chi connectivity index (χ2n) is 9.46. The van der Waals surface area contributed by atoms with Gasteiger partial charge in [0.25, 0.3) is 0 Å². The van der Waals surface area contributed by atoms with Crippen molar-refractivity contribution in [1.29, 1.82) is 0 Å². The standard InChI is InChI=1S/C27H30N2O5S/c1-16-10-17(2)24(18(3)11-16)29(19(4)30)26-28-21(15-35-26)13-33-23(31)14-32-22-9-7-8-20-12-27(5,6)34-25(20)22/h7-11,15H,12-14H2,1-6H3. The highest BCUT2D eigenvalue weighted by molar-refractivity contribution is 7.14. The molecule has 0 radical (unpaired) electrons. The largest absolute Gasteiger partial charge is 0.483 e. The lowest BCUT2D eigenvalue weighted by Gasteiger charge is -2.23. The predicted octanol–water partition coefficient (Wildman–Crippen LogP) is 5.59. The van der Waals surface area contributed by atoms with Gasteiger partial charge < -0.3 is 14.2 Å². The Labute approximate surface area is 209 Å². The second kappa shape index (κ2) is 9.70. The Kier molecular flexibility index (Phi) is 6.85. The van der Waals surface area contributed by atoms with E-state index in [1.165, 1.54) is 18.3 Å². The van der Waals surface area contributed by atoms with Crippen molar-refractivity contribution < 1.29 is 23.8 Å². The van der Waals surface area contributed by atoms with E-state index in [-0.39, 0.29) is 24.7 Å². The van der Waals surface area contributed by atoms with Gasteiger partial charge in [-0.2, -0.15) is 0 Å². The number of fused-ring (bicyclic) bond motifs is 1. The molecule has 3 aromatic rings. The van der Waals surface area contributed by atoms with Gasteiger partial charge in [0.2, 0.25) is 5.91 Å². The Morgan fingerprint density at radius 3 is 2.57 bits per heavy atom. The summed E-state index contributed by atoms with van der Waals surface area (Å²) in [6.45, 7) is 11.3. The number of aromatic nitrogens is 1. The van der Waals surface area contributed by atoms with Crippen molar-refractivity contribution >= 4 is 34.0 Å². The van der Waals surface area contributed by atoms with Crippen LogP contribution in [-0.4, -0.2) is 29.1 Å². The number of carbonyl (C=O) groups excluding carboxylic acids is 2. The maximum Gasteiger partial charge on any atom is 0.344 e. The number of amides is 1. The highest BCUT2D eigenvalue weighted by Gasteiger charge is 2.32. The fraction of sp³-hybridized carbons (Fsp3) is 0.370. The van der Waals surface area contributed by atoms with Gasteiger partial charge in [0.15, 0.2) is 23.2 Å². The molecule has 0 atom stereocenters. The molecule has 2 aromatic carbocycles. The molecule has 0 saturated heterocycles. The molecule has 0 bridgehead atoms. The molecule has 4 rings (SSSR count). The van der Waals surface area contributed by atoms with E-state index in [2.05, 4.69) is 4.98 Å². The molecule has 0 aliphatic carbocycles. The molecule has 8 heteroatoms. The van der Waals surface area contributed by atoms with Crippen LogP contribution in [0.3, 0.4) is 0 Å². The third-order valence-electron chi connectivity index (χ3n) is 5.69. The summed E-state index contributed by atoms with van der Waals surface area (Å²) >= 11 is 1.33. The average molecular weight is 495 g/mol. The highest BCUT2D eigenvalue weighted by atomic mass is 32.1. The Hall–Kier alpha value is -3.39. The van der Waals surface area contributed by atoms with Crippen LogP contribution in [-0.2, 0) is 27.4 Å². The van der Waals surface area contributed by atoms with Crippen LogP contribution in [0, 0.1) is 20.8 Å². The minimum atomic E-state index is -0.511. The van der Waals surface area contributed by atoms with Crippen molar-refractivity contribution in [2.24, 2.45) is 0 Å². The zero-order valence-corrected chi connectivity index (χ0v) is 21.7. The molecule has 0 saturated carbocycles. The van der Waals surface area contributed by atoms with Crippen LogP contribution in [0.5, 0.6) is 11.5 Å². The van der Waals surface area contributed by atoms with E-state index in [0.717, 1.165) is 34.4 Å². The first kappa shape index (κ1) is 24.7. The molecule has 1 aliphatic heterocycles. The van der Waals surface area contributed by atoms with Gasteiger partial charge in [0.1, 0.15) is 12.2 Å². The van der Waals surface area contributed by atoms with E-state index in [1.807, 2.05) is 58.9 Å². The molecule has 0 N–H and O–H groups in total. The van der Waals surface area contributed by atoms with Crippen LogP contribution < -0.4 is 14.4 Å². The minimum absolute atomic E-state index is 0.00721. The molecular weight excluding hydrogens is 464 g/mol. The maximum atomic E-state index is 12.5. The van der Waals surface area contributed by atoms with Crippen LogP contribution in [0.25, 0.3) is 0 Å². The van der Waals surface area contributed by atoms with Gasteiger partial charge in [-0.3, -0.25) is 9.69 Å². The van der Waals surface area contributed by atoms with E-state index in [0.29, 0.717) is 22.3 Å². The predicted molar refractivity (Wildman–Crippen MR) is 136 cm³/mol. The molecule has 0 unspecified atom stereocenters. The van der Waals surface area contributed by atoms with Crippen molar-refractivity contribution in [3.63, 3.8) is 0 Å². The number of benzene rings is 2. The lowest BCUT2D eigenvalue weighted by molar-refractivity contribution is -0.147. The first-order valence-corrected chi connectivity index (χ1v) is 12.3. The number of para-hydroxylation sites is 1. The monoisotopic (exact) mass is 494 g/mol. The fourth-order valence-corrected chi connectivity index (χ4v) is 5.27. The van der Waals surface area contributed by atoms with E-state index < -0.39 is 5.97 Å². The number of ether oxygens (including phenoxy) is 3. The maximum absolute atomic E-state index is 12.5. The number of carbonyl (C=O) groups is 2. The SMILES string of the molecule is CC(=O)N(c1nc(COC(=O)COc2cccc3c2OC(C)(C)C3)cs1)c1c(C)cc(C)cc1C. The molecule has 1 amide bonds. The van der Waals surface area contributed by atoms with Gasteiger partial charge >= 0.3 is 5.97 Å². The summed E-state index contributed by atoms with van der Waals surface area (Å²) in [5.41, 5.74) is 5.29. The first-order chi connectivity index (χ1) is 16.5. The zero-order valence-electron chi connectivity index (χ0n) is 20.9. The number of rotatable bonds is 7. The summed E-state index contributed by atoms with van der Waals surface area (Å²) in [6, 6.07) is 9.76. The van der Waals surface area contributed by atoms with Crippen LogP contribution in [0.15, 0.2) is 35.7 Å². The quantitative estimate of drug-likeness (QED) is 0.399.